The first-order valence-corrected chi connectivity index (χ1v) is 10.1. The molecule has 0 bridgehead atoms. The number of carbonyl (C=O) groups is 2. The molecule has 1 atom stereocenters. The van der Waals surface area contributed by atoms with Crippen molar-refractivity contribution in [3.63, 3.8) is 0 Å². The van der Waals surface area contributed by atoms with E-state index in [-0.39, 0.29) is 11.8 Å². The third-order valence-electron chi connectivity index (χ3n) is 5.63. The lowest BCUT2D eigenvalue weighted by molar-refractivity contribution is -0.136. The molecule has 1 aromatic rings. The fourth-order valence-corrected chi connectivity index (χ4v) is 3.92. The highest BCUT2D eigenvalue weighted by Gasteiger charge is 2.26. The maximum Gasteiger partial charge on any atom is 0.246 e. The van der Waals surface area contributed by atoms with Crippen molar-refractivity contribution in [1.82, 2.24) is 14.7 Å². The van der Waals surface area contributed by atoms with E-state index in [1.807, 2.05) is 41.0 Å². The Hall–Kier alpha value is -2.14. The number of hydrogen-bond acceptors (Lipinski definition) is 3. The summed E-state index contributed by atoms with van der Waals surface area (Å²) in [5.74, 6) is 0.286. The summed E-state index contributed by atoms with van der Waals surface area (Å²) in [6.07, 6.45) is 6.99. The van der Waals surface area contributed by atoms with Crippen LogP contribution in [0.3, 0.4) is 0 Å². The topological polar surface area (TPSA) is 43.9 Å². The van der Waals surface area contributed by atoms with Gasteiger partial charge in [-0.15, -0.1) is 0 Å². The second kappa shape index (κ2) is 9.18. The van der Waals surface area contributed by atoms with Crippen molar-refractivity contribution < 1.29 is 9.59 Å². The lowest BCUT2D eigenvalue weighted by Crippen LogP contribution is -2.52. The van der Waals surface area contributed by atoms with Gasteiger partial charge >= 0.3 is 0 Å². The normalized spacial score (nSPS) is 21.6. The van der Waals surface area contributed by atoms with E-state index in [0.717, 1.165) is 38.0 Å². The molecule has 5 nitrogen and oxygen atoms in total. The van der Waals surface area contributed by atoms with Crippen molar-refractivity contribution >= 4 is 17.9 Å². The first-order valence-electron chi connectivity index (χ1n) is 10.1. The Balaban J connectivity index is 1.45. The smallest absolute Gasteiger partial charge is 0.246 e. The van der Waals surface area contributed by atoms with E-state index in [4.69, 9.17) is 0 Å². The molecule has 2 saturated heterocycles. The minimum Gasteiger partial charge on any atom is -0.339 e. The van der Waals surface area contributed by atoms with Crippen molar-refractivity contribution in [2.24, 2.45) is 0 Å². The number of likely N-dealkylation sites (tertiary alicyclic amines) is 1. The van der Waals surface area contributed by atoms with Gasteiger partial charge in [-0.3, -0.25) is 14.5 Å². The number of hydrogen-bond donors (Lipinski definition) is 0. The van der Waals surface area contributed by atoms with Crippen LogP contribution in [0.15, 0.2) is 30.3 Å². The number of amides is 2. The summed E-state index contributed by atoms with van der Waals surface area (Å²) in [4.78, 5) is 31.1. The van der Waals surface area contributed by atoms with Gasteiger partial charge in [-0.25, -0.2) is 0 Å². The van der Waals surface area contributed by atoms with E-state index in [9.17, 15) is 9.59 Å². The first kappa shape index (κ1) is 19.6. The summed E-state index contributed by atoms with van der Waals surface area (Å²) in [5, 5.41) is 0. The van der Waals surface area contributed by atoms with Crippen LogP contribution in [0.4, 0.5) is 0 Å². The molecule has 0 radical (unpaired) electrons. The highest BCUT2D eigenvalue weighted by molar-refractivity contribution is 5.91. The highest BCUT2D eigenvalue weighted by atomic mass is 16.2. The van der Waals surface area contributed by atoms with E-state index < -0.39 is 0 Å². The van der Waals surface area contributed by atoms with Crippen LogP contribution in [0.2, 0.25) is 0 Å². The molecule has 2 aliphatic heterocycles. The number of benzene rings is 1. The molecule has 0 N–H and O–H groups in total. The number of piperidine rings is 1. The molecule has 1 aromatic carbocycles. The van der Waals surface area contributed by atoms with E-state index in [2.05, 4.69) is 17.9 Å². The standard InChI is InChI=1S/C22H31N3O2/c1-18-6-5-8-20(16-18)9-10-21(26)24-14-12-23(13-15-24)17-22(27)25-11-4-3-7-19(25)2/h5-6,8-10,16,19H,3-4,7,11-15,17H2,1-2H3/b10-9-/t19-/m0/s1. The summed E-state index contributed by atoms with van der Waals surface area (Å²) in [5.41, 5.74) is 2.23. The lowest BCUT2D eigenvalue weighted by atomic mass is 10.0. The largest absolute Gasteiger partial charge is 0.339 e. The predicted octanol–water partition coefficient (Wildman–Crippen LogP) is 2.55. The van der Waals surface area contributed by atoms with Crippen LogP contribution >= 0.6 is 0 Å². The zero-order valence-electron chi connectivity index (χ0n) is 16.6. The van der Waals surface area contributed by atoms with Crippen LogP contribution < -0.4 is 0 Å². The Bertz CT molecular complexity index is 693. The molecular weight excluding hydrogens is 338 g/mol. The summed E-state index contributed by atoms with van der Waals surface area (Å²) in [7, 11) is 0. The van der Waals surface area contributed by atoms with Gasteiger partial charge in [0.25, 0.3) is 0 Å². The highest BCUT2D eigenvalue weighted by Crippen LogP contribution is 2.17. The summed E-state index contributed by atoms with van der Waals surface area (Å²) < 4.78 is 0. The Kier molecular flexibility index (Phi) is 6.67. The summed E-state index contributed by atoms with van der Waals surface area (Å²) >= 11 is 0. The number of nitrogens with zero attached hydrogens (tertiary/aromatic N) is 3. The minimum atomic E-state index is 0.0483. The molecule has 0 aromatic heterocycles. The molecule has 2 aliphatic rings. The molecule has 27 heavy (non-hydrogen) atoms. The zero-order chi connectivity index (χ0) is 19.2. The van der Waals surface area contributed by atoms with E-state index in [1.54, 1.807) is 6.08 Å². The van der Waals surface area contributed by atoms with Crippen LogP contribution in [-0.4, -0.2) is 71.8 Å². The predicted molar refractivity (Wildman–Crippen MR) is 108 cm³/mol. The monoisotopic (exact) mass is 369 g/mol. The second-order valence-corrected chi connectivity index (χ2v) is 7.78. The average Bonchev–Trinajstić information content (AvgIpc) is 2.67. The molecule has 5 heteroatoms. The fourth-order valence-electron chi connectivity index (χ4n) is 3.92. The van der Waals surface area contributed by atoms with Crippen LogP contribution in [0, 0.1) is 6.92 Å². The molecule has 2 heterocycles. The van der Waals surface area contributed by atoms with Crippen molar-refractivity contribution in [1.29, 1.82) is 0 Å². The number of carbonyl (C=O) groups excluding carboxylic acids is 2. The van der Waals surface area contributed by atoms with Crippen LogP contribution in [-0.2, 0) is 9.59 Å². The van der Waals surface area contributed by atoms with Crippen LogP contribution in [0.1, 0.15) is 37.3 Å². The van der Waals surface area contributed by atoms with Crippen LogP contribution in [0.25, 0.3) is 6.08 Å². The Morgan fingerprint density at radius 3 is 2.59 bits per heavy atom. The zero-order valence-corrected chi connectivity index (χ0v) is 16.6. The van der Waals surface area contributed by atoms with Gasteiger partial charge in [-0.2, -0.15) is 0 Å². The van der Waals surface area contributed by atoms with Gasteiger partial charge in [-0.05, 0) is 44.7 Å². The van der Waals surface area contributed by atoms with Gasteiger partial charge < -0.3 is 9.80 Å². The van der Waals surface area contributed by atoms with Crippen LogP contribution in [0.5, 0.6) is 0 Å². The summed E-state index contributed by atoms with van der Waals surface area (Å²) in [6, 6.07) is 8.47. The molecule has 3 rings (SSSR count). The molecular formula is C22H31N3O2. The van der Waals surface area contributed by atoms with Gasteiger partial charge in [0.1, 0.15) is 0 Å². The quantitative estimate of drug-likeness (QED) is 0.766. The Morgan fingerprint density at radius 1 is 1.11 bits per heavy atom. The molecule has 2 fully saturated rings. The van der Waals surface area contributed by atoms with Gasteiger partial charge in [-0.1, -0.05) is 29.8 Å². The first-order chi connectivity index (χ1) is 13.0. The van der Waals surface area contributed by atoms with Crippen molar-refractivity contribution in [2.45, 2.75) is 39.2 Å². The Morgan fingerprint density at radius 2 is 1.89 bits per heavy atom. The van der Waals surface area contributed by atoms with Crippen molar-refractivity contribution in [2.75, 3.05) is 39.3 Å². The van der Waals surface area contributed by atoms with E-state index >= 15 is 0 Å². The maximum atomic E-state index is 12.6. The van der Waals surface area contributed by atoms with E-state index in [1.165, 1.54) is 12.0 Å². The second-order valence-electron chi connectivity index (χ2n) is 7.78. The molecule has 146 valence electrons. The fraction of sp³-hybridized carbons (Fsp3) is 0.545. The molecule has 0 unspecified atom stereocenters. The lowest BCUT2D eigenvalue weighted by Gasteiger charge is -2.37. The van der Waals surface area contributed by atoms with E-state index in [0.29, 0.717) is 25.7 Å². The molecule has 0 spiro atoms. The molecule has 2 amide bonds. The minimum absolute atomic E-state index is 0.0483. The molecule has 0 saturated carbocycles. The van der Waals surface area contributed by atoms with Gasteiger partial charge in [0.2, 0.25) is 11.8 Å². The number of aryl methyl sites for hydroxylation is 1. The molecule has 0 aliphatic carbocycles. The van der Waals surface area contributed by atoms with Gasteiger partial charge in [0.15, 0.2) is 0 Å². The SMILES string of the molecule is Cc1cccc(/C=C\C(=O)N2CCN(CC(=O)N3CCCC[C@@H]3C)CC2)c1. The van der Waals surface area contributed by atoms with Gasteiger partial charge in [0, 0.05) is 44.8 Å². The maximum absolute atomic E-state index is 12.6. The average molecular weight is 370 g/mol. The third kappa shape index (κ3) is 5.42. The third-order valence-corrected chi connectivity index (χ3v) is 5.63. The van der Waals surface area contributed by atoms with Crippen molar-refractivity contribution in [3.8, 4) is 0 Å². The van der Waals surface area contributed by atoms with Gasteiger partial charge in [0.05, 0.1) is 6.54 Å². The Labute approximate surface area is 162 Å². The number of piperazine rings is 1. The number of rotatable bonds is 4. The van der Waals surface area contributed by atoms with Crippen molar-refractivity contribution in [3.05, 3.63) is 41.5 Å². The summed E-state index contributed by atoms with van der Waals surface area (Å²) in [6.45, 7) is 8.45.